The summed E-state index contributed by atoms with van der Waals surface area (Å²) in [6.45, 7) is 5.00. The minimum absolute atomic E-state index is 0.0640. The van der Waals surface area contributed by atoms with Crippen molar-refractivity contribution in [1.82, 2.24) is 25.8 Å². The van der Waals surface area contributed by atoms with Crippen LogP contribution in [-0.2, 0) is 5.41 Å². The Morgan fingerprint density at radius 2 is 2.07 bits per heavy atom. The Labute approximate surface area is 242 Å². The van der Waals surface area contributed by atoms with Gasteiger partial charge in [0, 0.05) is 24.8 Å². The second-order valence-corrected chi connectivity index (χ2v) is 11.6. The Hall–Kier alpha value is -4.59. The number of carbonyl (C=O) groups is 2. The Balaban J connectivity index is 1.23. The number of hydrogen-bond acceptors (Lipinski definition) is 11. The zero-order valence-corrected chi connectivity index (χ0v) is 23.7. The average Bonchev–Trinajstić information content (AvgIpc) is 3.47. The summed E-state index contributed by atoms with van der Waals surface area (Å²) in [6, 6.07) is 6.91. The lowest BCUT2D eigenvalue weighted by molar-refractivity contribution is -0.513. The molecule has 1 saturated heterocycles. The number of pyridine rings is 1. The minimum atomic E-state index is -1.22. The van der Waals surface area contributed by atoms with Crippen molar-refractivity contribution in [3.63, 3.8) is 0 Å². The number of nitrogens with two attached hydrogens (primary N) is 2. The largest absolute Gasteiger partial charge is 0.494 e. The Bertz CT molecular complexity index is 1490. The highest BCUT2D eigenvalue weighted by molar-refractivity contribution is 5.98. The summed E-state index contributed by atoms with van der Waals surface area (Å²) in [5.74, 6) is 0.440. The molecule has 222 valence electrons. The first-order valence-corrected chi connectivity index (χ1v) is 13.9. The van der Waals surface area contributed by atoms with Gasteiger partial charge in [-0.05, 0) is 30.0 Å². The van der Waals surface area contributed by atoms with Gasteiger partial charge in [0.25, 0.3) is 11.8 Å². The molecule has 1 spiro atoms. The van der Waals surface area contributed by atoms with Crippen LogP contribution < -0.4 is 41.9 Å². The summed E-state index contributed by atoms with van der Waals surface area (Å²) in [6.07, 6.45) is 1.19. The second kappa shape index (κ2) is 10.0. The lowest BCUT2D eigenvalue weighted by Gasteiger charge is -2.43. The number of nitrogens with zero attached hydrogens (tertiary/aromatic N) is 3. The average molecular weight is 579 g/mol. The molecule has 5 heterocycles. The van der Waals surface area contributed by atoms with Gasteiger partial charge in [0.15, 0.2) is 17.7 Å². The summed E-state index contributed by atoms with van der Waals surface area (Å²) in [4.78, 5) is 40.1. The number of hydrogen-bond donors (Lipinski definition) is 7. The monoisotopic (exact) mass is 578 g/mol. The number of aliphatic imine (C=N–C) groups is 1. The number of nitrogens with one attached hydrogen (secondary N) is 4. The number of fused-ring (bicyclic) bond motifs is 1. The fourth-order valence-corrected chi connectivity index (χ4v) is 6.49. The van der Waals surface area contributed by atoms with Crippen LogP contribution in [0.15, 0.2) is 41.5 Å². The maximum absolute atomic E-state index is 13.6. The molecule has 4 aliphatic heterocycles. The molecule has 5 atom stereocenters. The van der Waals surface area contributed by atoms with Gasteiger partial charge in [-0.3, -0.25) is 20.3 Å². The lowest BCUT2D eigenvalue weighted by Crippen LogP contribution is -2.88. The van der Waals surface area contributed by atoms with Gasteiger partial charge in [0.2, 0.25) is 5.66 Å². The van der Waals surface area contributed by atoms with E-state index in [1.807, 2.05) is 12.1 Å². The normalized spacial score (nSPS) is 28.6. The van der Waals surface area contributed by atoms with Crippen LogP contribution in [0.3, 0.4) is 0 Å². The maximum atomic E-state index is 13.6. The van der Waals surface area contributed by atoms with Crippen molar-refractivity contribution < 1.29 is 29.2 Å². The lowest BCUT2D eigenvalue weighted by atomic mass is 9.79. The summed E-state index contributed by atoms with van der Waals surface area (Å²) in [5, 5.41) is 20.7. The van der Waals surface area contributed by atoms with Crippen LogP contribution in [0, 0.1) is 0 Å². The standard InChI is InChI=1S/C28H35N9O5/c1-27(2)9-11-42-20-14(6-4-7-15(20)27)23(39)33-17-13-37-26(30)34-16(21-28(37,22(17)38)36-25(29)35-21)12-32-24(40)19-18(41-3)8-5-10-31-19/h4-8,10,16-17,21-22,38H,9,11-13H2,1-3H3,(H2,30,34)(H,32,40)(H,33,39)(H3,29,35,36)/p+1/t16-,17+,21?,22+,28?/m0/s1. The van der Waals surface area contributed by atoms with Crippen LogP contribution in [0.1, 0.15) is 46.7 Å². The van der Waals surface area contributed by atoms with Gasteiger partial charge < -0.3 is 35.8 Å². The number of carbonyl (C=O) groups excluding carboxylic acids is 2. The van der Waals surface area contributed by atoms with Gasteiger partial charge >= 0.3 is 5.96 Å². The third-order valence-corrected chi connectivity index (χ3v) is 8.69. The number of aliphatic hydroxyl groups is 1. The molecular formula is C28H36N9O5+. The van der Waals surface area contributed by atoms with Gasteiger partial charge in [-0.2, -0.15) is 0 Å². The maximum Gasteiger partial charge on any atom is 0.343 e. The predicted molar refractivity (Wildman–Crippen MR) is 152 cm³/mol. The van der Waals surface area contributed by atoms with Crippen LogP contribution in [-0.4, -0.2) is 95.4 Å². The molecule has 1 aromatic carbocycles. The molecule has 0 bridgehead atoms. The molecular weight excluding hydrogens is 542 g/mol. The van der Waals surface area contributed by atoms with Crippen molar-refractivity contribution in [2.45, 2.75) is 55.6 Å². The predicted octanol–water partition coefficient (Wildman–Crippen LogP) is -2.88. The van der Waals surface area contributed by atoms with Gasteiger partial charge in [0.1, 0.15) is 23.6 Å². The molecule has 1 aromatic heterocycles. The van der Waals surface area contributed by atoms with Crippen LogP contribution in [0.2, 0.25) is 0 Å². The molecule has 14 nitrogen and oxygen atoms in total. The molecule has 9 N–H and O–H groups in total. The molecule has 0 saturated carbocycles. The molecule has 0 radical (unpaired) electrons. The SMILES string of the molecule is COc1cccnc1C(=O)NC[C@@H]1N=C(N)N2C[C@@H](NC(=O)c3cccc4c3OCCC4(C)C)[C@@H](O)C23NC(N)=[NH+]C13. The molecule has 0 aliphatic carbocycles. The summed E-state index contributed by atoms with van der Waals surface area (Å²) < 4.78 is 11.2. The van der Waals surface area contributed by atoms with E-state index >= 15 is 0 Å². The van der Waals surface area contributed by atoms with Crippen molar-refractivity contribution in [2.24, 2.45) is 16.5 Å². The Morgan fingerprint density at radius 1 is 1.26 bits per heavy atom. The number of aromatic nitrogens is 1. The van der Waals surface area contributed by atoms with E-state index < -0.39 is 35.8 Å². The van der Waals surface area contributed by atoms with E-state index in [1.165, 1.54) is 13.3 Å². The van der Waals surface area contributed by atoms with Crippen molar-refractivity contribution in [3.8, 4) is 11.5 Å². The first kappa shape index (κ1) is 27.6. The Kier molecular flexibility index (Phi) is 6.60. The highest BCUT2D eigenvalue weighted by atomic mass is 16.5. The van der Waals surface area contributed by atoms with Crippen molar-refractivity contribution >= 4 is 23.7 Å². The van der Waals surface area contributed by atoms with Crippen LogP contribution >= 0.6 is 0 Å². The zero-order valence-electron chi connectivity index (χ0n) is 23.7. The van der Waals surface area contributed by atoms with Gasteiger partial charge in [-0.25, -0.2) is 15.3 Å². The van der Waals surface area contributed by atoms with Gasteiger partial charge in [0.05, 0.1) is 25.3 Å². The first-order chi connectivity index (χ1) is 20.1. The topological polar surface area (TPSA) is 203 Å². The number of guanidine groups is 2. The van der Waals surface area contributed by atoms with E-state index in [0.717, 1.165) is 12.0 Å². The van der Waals surface area contributed by atoms with Crippen LogP contribution in [0.5, 0.6) is 11.5 Å². The molecule has 2 amide bonds. The zero-order chi connectivity index (χ0) is 29.8. The van der Waals surface area contributed by atoms with E-state index in [1.54, 1.807) is 23.1 Å². The number of para-hydroxylation sites is 1. The number of rotatable bonds is 6. The number of ether oxygens (including phenoxy) is 2. The molecule has 42 heavy (non-hydrogen) atoms. The van der Waals surface area contributed by atoms with Crippen molar-refractivity contribution in [1.29, 1.82) is 0 Å². The number of amides is 2. The fourth-order valence-electron chi connectivity index (χ4n) is 6.49. The first-order valence-electron chi connectivity index (χ1n) is 13.9. The summed E-state index contributed by atoms with van der Waals surface area (Å²) in [7, 11) is 1.46. The highest BCUT2D eigenvalue weighted by Gasteiger charge is 2.68. The summed E-state index contributed by atoms with van der Waals surface area (Å²) >= 11 is 0. The molecule has 2 aromatic rings. The molecule has 2 unspecified atom stereocenters. The quantitative estimate of drug-likeness (QED) is 0.186. The van der Waals surface area contributed by atoms with Gasteiger partial charge in [-0.15, -0.1) is 0 Å². The highest BCUT2D eigenvalue weighted by Crippen LogP contribution is 2.41. The van der Waals surface area contributed by atoms with Crippen LogP contribution in [0.4, 0.5) is 0 Å². The van der Waals surface area contributed by atoms with E-state index in [4.69, 9.17) is 20.9 Å². The van der Waals surface area contributed by atoms with Crippen molar-refractivity contribution in [2.75, 3.05) is 26.8 Å². The molecule has 6 rings (SSSR count). The van der Waals surface area contributed by atoms with E-state index in [0.29, 0.717) is 23.7 Å². The minimum Gasteiger partial charge on any atom is -0.494 e. The summed E-state index contributed by atoms with van der Waals surface area (Å²) in [5.41, 5.74) is 12.8. The third kappa shape index (κ3) is 4.24. The Morgan fingerprint density at radius 3 is 2.86 bits per heavy atom. The van der Waals surface area contributed by atoms with E-state index in [-0.39, 0.29) is 42.0 Å². The smallest absolute Gasteiger partial charge is 0.343 e. The molecule has 4 aliphatic rings. The molecule has 1 fully saturated rings. The van der Waals surface area contributed by atoms with E-state index in [2.05, 4.69) is 44.8 Å². The van der Waals surface area contributed by atoms with Gasteiger partial charge in [-0.1, -0.05) is 26.0 Å². The number of methoxy groups -OCH3 is 1. The third-order valence-electron chi connectivity index (χ3n) is 8.69. The van der Waals surface area contributed by atoms with Crippen LogP contribution in [0.25, 0.3) is 0 Å². The fraction of sp³-hybridized carbons (Fsp3) is 0.464. The second-order valence-electron chi connectivity index (χ2n) is 11.6. The molecule has 14 heteroatoms. The number of aliphatic hydroxyl groups excluding tert-OH is 1. The van der Waals surface area contributed by atoms with Crippen molar-refractivity contribution in [3.05, 3.63) is 53.3 Å². The number of benzene rings is 1. The van der Waals surface area contributed by atoms with E-state index in [9.17, 15) is 14.7 Å².